The standard InChI is InChI=1S/C11H15NO2S/c1-14-11(13)7-10(12)8-4-3-5-9(6-8)15-2/h3-6,10H,7,12H2,1-2H3. The van der Waals surface area contributed by atoms with E-state index < -0.39 is 0 Å². The highest BCUT2D eigenvalue weighted by Gasteiger charge is 2.11. The van der Waals surface area contributed by atoms with Gasteiger partial charge in [0.25, 0.3) is 0 Å². The van der Waals surface area contributed by atoms with Gasteiger partial charge in [0.15, 0.2) is 0 Å². The minimum absolute atomic E-state index is 0.217. The summed E-state index contributed by atoms with van der Waals surface area (Å²) in [4.78, 5) is 12.2. The summed E-state index contributed by atoms with van der Waals surface area (Å²) in [5.41, 5.74) is 6.85. The van der Waals surface area contributed by atoms with Crippen LogP contribution in [0.3, 0.4) is 0 Å². The summed E-state index contributed by atoms with van der Waals surface area (Å²) in [6.07, 6.45) is 2.22. The van der Waals surface area contributed by atoms with Crippen molar-refractivity contribution in [1.29, 1.82) is 0 Å². The van der Waals surface area contributed by atoms with Crippen LogP contribution >= 0.6 is 11.8 Å². The molecule has 0 saturated heterocycles. The molecule has 1 aromatic carbocycles. The molecule has 2 N–H and O–H groups in total. The van der Waals surface area contributed by atoms with Gasteiger partial charge in [-0.05, 0) is 24.0 Å². The van der Waals surface area contributed by atoms with Crippen molar-refractivity contribution in [3.63, 3.8) is 0 Å². The number of esters is 1. The van der Waals surface area contributed by atoms with Crippen molar-refractivity contribution in [2.75, 3.05) is 13.4 Å². The molecule has 15 heavy (non-hydrogen) atoms. The highest BCUT2D eigenvalue weighted by molar-refractivity contribution is 7.98. The number of methoxy groups -OCH3 is 1. The van der Waals surface area contributed by atoms with E-state index in [2.05, 4.69) is 4.74 Å². The Kier molecular flexibility index (Phi) is 4.65. The molecule has 0 radical (unpaired) electrons. The van der Waals surface area contributed by atoms with Crippen LogP contribution in [-0.4, -0.2) is 19.3 Å². The SMILES string of the molecule is COC(=O)CC(N)c1cccc(SC)c1. The highest BCUT2D eigenvalue weighted by atomic mass is 32.2. The summed E-state index contributed by atoms with van der Waals surface area (Å²) in [6.45, 7) is 0. The Morgan fingerprint density at radius 2 is 2.33 bits per heavy atom. The van der Waals surface area contributed by atoms with E-state index in [-0.39, 0.29) is 18.4 Å². The Hall–Kier alpha value is -1.00. The van der Waals surface area contributed by atoms with Crippen molar-refractivity contribution < 1.29 is 9.53 Å². The number of hydrogen-bond acceptors (Lipinski definition) is 4. The third-order valence-electron chi connectivity index (χ3n) is 2.14. The van der Waals surface area contributed by atoms with Crippen LogP contribution in [0.5, 0.6) is 0 Å². The van der Waals surface area contributed by atoms with Gasteiger partial charge in [-0.25, -0.2) is 0 Å². The van der Waals surface area contributed by atoms with Crippen molar-refractivity contribution >= 4 is 17.7 Å². The Morgan fingerprint density at radius 3 is 2.93 bits per heavy atom. The fourth-order valence-corrected chi connectivity index (χ4v) is 1.72. The molecule has 0 bridgehead atoms. The van der Waals surface area contributed by atoms with Gasteiger partial charge in [-0.15, -0.1) is 11.8 Å². The van der Waals surface area contributed by atoms with Gasteiger partial charge in [-0.3, -0.25) is 4.79 Å². The molecule has 0 saturated carbocycles. The molecular weight excluding hydrogens is 210 g/mol. The number of thioether (sulfide) groups is 1. The minimum Gasteiger partial charge on any atom is -0.469 e. The predicted octanol–water partition coefficient (Wildman–Crippen LogP) is 1.97. The van der Waals surface area contributed by atoms with E-state index in [9.17, 15) is 4.79 Å². The second kappa shape index (κ2) is 5.78. The first-order valence-corrected chi connectivity index (χ1v) is 5.86. The second-order valence-corrected chi connectivity index (χ2v) is 4.04. The summed E-state index contributed by atoms with van der Waals surface area (Å²) in [6, 6.07) is 7.59. The molecule has 82 valence electrons. The second-order valence-electron chi connectivity index (χ2n) is 3.16. The lowest BCUT2D eigenvalue weighted by Gasteiger charge is -2.11. The summed E-state index contributed by atoms with van der Waals surface area (Å²) >= 11 is 1.65. The first-order valence-electron chi connectivity index (χ1n) is 4.63. The molecule has 3 nitrogen and oxygen atoms in total. The van der Waals surface area contributed by atoms with Crippen LogP contribution in [0.1, 0.15) is 18.0 Å². The maximum absolute atomic E-state index is 11.0. The maximum atomic E-state index is 11.0. The van der Waals surface area contributed by atoms with E-state index in [1.54, 1.807) is 11.8 Å². The lowest BCUT2D eigenvalue weighted by Crippen LogP contribution is -2.16. The monoisotopic (exact) mass is 225 g/mol. The number of benzene rings is 1. The van der Waals surface area contributed by atoms with Crippen LogP contribution < -0.4 is 5.73 Å². The Balaban J connectivity index is 2.72. The number of carbonyl (C=O) groups excluding carboxylic acids is 1. The molecule has 1 rings (SSSR count). The molecule has 0 aliphatic rings. The van der Waals surface area contributed by atoms with Crippen molar-refractivity contribution in [2.45, 2.75) is 17.4 Å². The molecule has 4 heteroatoms. The minimum atomic E-state index is -0.287. The zero-order valence-electron chi connectivity index (χ0n) is 8.90. The molecule has 1 unspecified atom stereocenters. The van der Waals surface area contributed by atoms with E-state index in [0.717, 1.165) is 10.5 Å². The van der Waals surface area contributed by atoms with Crippen LogP contribution in [0.25, 0.3) is 0 Å². The fourth-order valence-electron chi connectivity index (χ4n) is 1.25. The molecule has 0 aliphatic heterocycles. The van der Waals surface area contributed by atoms with Crippen molar-refractivity contribution in [3.8, 4) is 0 Å². The summed E-state index contributed by atoms with van der Waals surface area (Å²) in [5, 5.41) is 0. The van der Waals surface area contributed by atoms with Crippen LogP contribution in [0.15, 0.2) is 29.2 Å². The topological polar surface area (TPSA) is 52.3 Å². The highest BCUT2D eigenvalue weighted by Crippen LogP contribution is 2.21. The van der Waals surface area contributed by atoms with Gasteiger partial charge in [-0.2, -0.15) is 0 Å². The van der Waals surface area contributed by atoms with Gasteiger partial charge < -0.3 is 10.5 Å². The lowest BCUT2D eigenvalue weighted by atomic mass is 10.1. The van der Waals surface area contributed by atoms with E-state index in [1.165, 1.54) is 7.11 Å². The first-order chi connectivity index (χ1) is 7.17. The summed E-state index contributed by atoms with van der Waals surface area (Å²) < 4.78 is 4.57. The van der Waals surface area contributed by atoms with Crippen LogP contribution in [0.2, 0.25) is 0 Å². The molecule has 0 spiro atoms. The van der Waals surface area contributed by atoms with Gasteiger partial charge in [0.1, 0.15) is 0 Å². The molecule has 0 amide bonds. The van der Waals surface area contributed by atoms with Gasteiger partial charge in [0.05, 0.1) is 13.5 Å². The zero-order valence-corrected chi connectivity index (χ0v) is 9.71. The Morgan fingerprint density at radius 1 is 1.60 bits per heavy atom. The number of rotatable bonds is 4. The van der Waals surface area contributed by atoms with Crippen LogP contribution in [-0.2, 0) is 9.53 Å². The number of nitrogens with two attached hydrogens (primary N) is 1. The van der Waals surface area contributed by atoms with Crippen LogP contribution in [0.4, 0.5) is 0 Å². The largest absolute Gasteiger partial charge is 0.469 e. The Labute approximate surface area is 94.0 Å². The Bertz CT molecular complexity index is 341. The summed E-state index contributed by atoms with van der Waals surface area (Å²) in [5.74, 6) is -0.281. The first kappa shape index (κ1) is 12.1. The zero-order chi connectivity index (χ0) is 11.3. The van der Waals surface area contributed by atoms with E-state index >= 15 is 0 Å². The third kappa shape index (κ3) is 3.57. The number of hydrogen-bond donors (Lipinski definition) is 1. The normalized spacial score (nSPS) is 12.2. The third-order valence-corrected chi connectivity index (χ3v) is 2.86. The van der Waals surface area contributed by atoms with E-state index in [1.807, 2.05) is 30.5 Å². The van der Waals surface area contributed by atoms with Crippen LogP contribution in [0, 0.1) is 0 Å². The molecule has 1 aromatic rings. The average molecular weight is 225 g/mol. The maximum Gasteiger partial charge on any atom is 0.307 e. The average Bonchev–Trinajstić information content (AvgIpc) is 2.28. The number of ether oxygens (including phenoxy) is 1. The summed E-state index contributed by atoms with van der Waals surface area (Å²) in [7, 11) is 1.37. The molecule has 0 heterocycles. The smallest absolute Gasteiger partial charge is 0.307 e. The van der Waals surface area contributed by atoms with Gasteiger partial charge in [0, 0.05) is 10.9 Å². The predicted molar refractivity (Wildman–Crippen MR) is 61.8 cm³/mol. The quantitative estimate of drug-likeness (QED) is 0.628. The van der Waals surface area contributed by atoms with Crippen molar-refractivity contribution in [3.05, 3.63) is 29.8 Å². The molecule has 0 fully saturated rings. The molecule has 0 aliphatic carbocycles. The lowest BCUT2D eigenvalue weighted by molar-refractivity contribution is -0.141. The fraction of sp³-hybridized carbons (Fsp3) is 0.364. The van der Waals surface area contributed by atoms with E-state index in [4.69, 9.17) is 5.73 Å². The van der Waals surface area contributed by atoms with Gasteiger partial charge in [0.2, 0.25) is 0 Å². The van der Waals surface area contributed by atoms with Gasteiger partial charge in [-0.1, -0.05) is 12.1 Å². The molecule has 1 atom stereocenters. The van der Waals surface area contributed by atoms with Crippen molar-refractivity contribution in [2.24, 2.45) is 5.73 Å². The van der Waals surface area contributed by atoms with Gasteiger partial charge >= 0.3 is 5.97 Å². The molecule has 0 aromatic heterocycles. The van der Waals surface area contributed by atoms with Crippen molar-refractivity contribution in [1.82, 2.24) is 0 Å². The number of carbonyl (C=O) groups is 1. The van der Waals surface area contributed by atoms with E-state index in [0.29, 0.717) is 0 Å². The molecular formula is C11H15NO2S.